The summed E-state index contributed by atoms with van der Waals surface area (Å²) in [5.41, 5.74) is 4.42. The highest BCUT2D eigenvalue weighted by molar-refractivity contribution is 7.16. The van der Waals surface area contributed by atoms with Crippen molar-refractivity contribution in [2.45, 2.75) is 79.8 Å². The molecule has 0 aliphatic rings. The van der Waals surface area contributed by atoms with Crippen LogP contribution in [0.1, 0.15) is 63.6 Å². The first-order chi connectivity index (χ1) is 20.0. The number of halogens is 4. The number of rotatable bonds is 7. The van der Waals surface area contributed by atoms with Crippen LogP contribution in [0.4, 0.5) is 19.9 Å². The van der Waals surface area contributed by atoms with Crippen LogP contribution >= 0.6 is 81.2 Å². The van der Waals surface area contributed by atoms with E-state index in [4.69, 9.17) is 50.0 Å². The number of amides is 2. The number of anilines is 2. The van der Waals surface area contributed by atoms with Crippen LogP contribution in [0.25, 0.3) is 0 Å². The molecule has 0 atom stereocenters. The van der Waals surface area contributed by atoms with E-state index in [0.717, 1.165) is 24.9 Å². The number of nitrogens with zero attached hydrogens (tertiary/aromatic N) is 3. The van der Waals surface area contributed by atoms with Crippen molar-refractivity contribution in [1.29, 1.82) is 0 Å². The van der Waals surface area contributed by atoms with Crippen LogP contribution in [0, 0.1) is 0 Å². The largest absolute Gasteiger partial charge is 0.444 e. The van der Waals surface area contributed by atoms with E-state index in [1.54, 1.807) is 29.9 Å². The molecule has 45 heavy (non-hydrogen) atoms. The topological polar surface area (TPSA) is 165 Å². The van der Waals surface area contributed by atoms with E-state index in [9.17, 15) is 9.59 Å². The summed E-state index contributed by atoms with van der Waals surface area (Å²) < 4.78 is 10.6. The van der Waals surface area contributed by atoms with E-state index in [1.807, 2.05) is 55.6 Å². The fourth-order valence-corrected chi connectivity index (χ4v) is 4.60. The van der Waals surface area contributed by atoms with Crippen molar-refractivity contribution in [1.82, 2.24) is 25.6 Å². The molecule has 6 N–H and O–H groups in total. The van der Waals surface area contributed by atoms with E-state index < -0.39 is 23.4 Å². The minimum absolute atomic E-state index is 0. The Balaban J connectivity index is -0.000000567. The van der Waals surface area contributed by atoms with Crippen molar-refractivity contribution in [3.63, 3.8) is 0 Å². The van der Waals surface area contributed by atoms with Gasteiger partial charge in [-0.3, -0.25) is 0 Å². The van der Waals surface area contributed by atoms with Crippen LogP contribution in [0.2, 0.25) is 4.47 Å². The van der Waals surface area contributed by atoms with Gasteiger partial charge >= 0.3 is 12.2 Å². The summed E-state index contributed by atoms with van der Waals surface area (Å²) in [6, 6.07) is 0. The second-order valence-electron chi connectivity index (χ2n) is 9.86. The molecule has 0 saturated heterocycles. The molecular weight excluding hydrogens is 726 g/mol. The Morgan fingerprint density at radius 1 is 0.778 bits per heavy atom. The van der Waals surface area contributed by atoms with Gasteiger partial charge in [-0.05, 0) is 41.5 Å². The maximum Gasteiger partial charge on any atom is 0.407 e. The van der Waals surface area contributed by atoms with Crippen LogP contribution in [0.3, 0.4) is 0 Å². The summed E-state index contributed by atoms with van der Waals surface area (Å²) in [7, 11) is 3.66. The Hall–Kier alpha value is -1.85. The van der Waals surface area contributed by atoms with E-state index in [-0.39, 0.29) is 25.2 Å². The first-order valence-electron chi connectivity index (χ1n) is 12.7. The van der Waals surface area contributed by atoms with Crippen molar-refractivity contribution >= 4 is 104 Å². The highest BCUT2D eigenvalue weighted by Crippen LogP contribution is 2.18. The minimum Gasteiger partial charge on any atom is -0.444 e. The zero-order valence-electron chi connectivity index (χ0n) is 25.9. The molecule has 0 radical (unpaired) electrons. The Kier molecular flexibility index (Phi) is 26.7. The molecule has 19 heteroatoms. The van der Waals surface area contributed by atoms with Gasteiger partial charge in [-0.15, -0.1) is 69.6 Å². The third-order valence-corrected chi connectivity index (χ3v) is 7.04. The predicted molar refractivity (Wildman–Crippen MR) is 195 cm³/mol. The second kappa shape index (κ2) is 25.3. The number of thiazole rings is 3. The Bertz CT molecular complexity index is 1180. The first-order valence-corrected chi connectivity index (χ1v) is 16.6. The fraction of sp³-hybridized carbons (Fsp3) is 0.577. The lowest BCUT2D eigenvalue weighted by atomic mass is 10.2. The number of alkyl halides is 2. The van der Waals surface area contributed by atoms with E-state index in [1.165, 1.54) is 22.7 Å². The summed E-state index contributed by atoms with van der Waals surface area (Å²) in [4.78, 5) is 37.6. The standard InChI is InChI=1S/C10H17N3O2S.C9H13ClN2O2S.C5H9N3S.CH2Cl2.CH4.ClH/c1-10(2,3)15-9(14)13-6-7-5-12-8(11-4)16-7;1-9(2,3)14-8(13)12-5-6-4-11-7(10)15-6;1-7-5-8-3-4(2-6)9-5;2-1-3;;/h5H,6H2,1-4H3,(H,11,12)(H,13,14);4H,5H2,1-3H3,(H,12,13);3H,2,6H2,1H3,(H,7,8);1H2;1H4;1H. The van der Waals surface area contributed by atoms with Crippen LogP contribution in [0.5, 0.6) is 0 Å². The van der Waals surface area contributed by atoms with Gasteiger partial charge in [-0.1, -0.05) is 19.0 Å². The van der Waals surface area contributed by atoms with Gasteiger partial charge in [0.1, 0.15) is 11.2 Å². The fourth-order valence-electron chi connectivity index (χ4n) is 2.33. The maximum absolute atomic E-state index is 11.3. The lowest BCUT2D eigenvalue weighted by molar-refractivity contribution is 0.0512. The third kappa shape index (κ3) is 26.0. The van der Waals surface area contributed by atoms with Gasteiger partial charge < -0.3 is 36.5 Å². The Morgan fingerprint density at radius 2 is 1.13 bits per heavy atom. The molecule has 0 bridgehead atoms. The third-order valence-electron chi connectivity index (χ3n) is 3.87. The second-order valence-corrected chi connectivity index (χ2v) is 14.6. The maximum atomic E-state index is 11.3. The van der Waals surface area contributed by atoms with Gasteiger partial charge in [0.05, 0.1) is 18.4 Å². The number of alkyl carbamates (subject to hydrolysis) is 2. The van der Waals surface area contributed by atoms with Crippen LogP contribution in [-0.4, -0.2) is 57.8 Å². The summed E-state index contributed by atoms with van der Waals surface area (Å²) in [6.45, 7) is 12.4. The summed E-state index contributed by atoms with van der Waals surface area (Å²) in [5, 5.41) is 13.1. The molecular formula is C26H46Cl4N8O4S3. The zero-order chi connectivity index (χ0) is 33.1. The quantitative estimate of drug-likeness (QED) is 0.148. The van der Waals surface area contributed by atoms with Crippen molar-refractivity contribution < 1.29 is 19.1 Å². The number of aromatic nitrogens is 3. The van der Waals surface area contributed by atoms with Gasteiger partial charge in [-0.25, -0.2) is 24.5 Å². The molecule has 3 heterocycles. The van der Waals surface area contributed by atoms with Crippen LogP contribution < -0.4 is 27.0 Å². The number of hydrogen-bond donors (Lipinski definition) is 5. The Labute approximate surface area is 300 Å². The lowest BCUT2D eigenvalue weighted by Gasteiger charge is -2.19. The summed E-state index contributed by atoms with van der Waals surface area (Å²) in [6.07, 6.45) is 4.30. The zero-order valence-corrected chi connectivity index (χ0v) is 31.4. The average molecular weight is 773 g/mol. The first kappa shape index (κ1) is 47.6. The predicted octanol–water partition coefficient (Wildman–Crippen LogP) is 8.15. The highest BCUT2D eigenvalue weighted by Gasteiger charge is 2.16. The number of carbonyl (C=O) groups excluding carboxylic acids is 2. The van der Waals surface area contributed by atoms with Crippen LogP contribution in [-0.2, 0) is 29.1 Å². The minimum atomic E-state index is -0.477. The van der Waals surface area contributed by atoms with Gasteiger partial charge in [0.25, 0.3) is 0 Å². The molecule has 3 aromatic heterocycles. The van der Waals surface area contributed by atoms with Crippen molar-refractivity contribution in [3.8, 4) is 0 Å². The summed E-state index contributed by atoms with van der Waals surface area (Å²) >= 11 is 19.6. The molecule has 12 nitrogen and oxygen atoms in total. The molecule has 0 spiro atoms. The van der Waals surface area contributed by atoms with Gasteiger partial charge in [-0.2, -0.15) is 0 Å². The summed E-state index contributed by atoms with van der Waals surface area (Å²) in [5.74, 6) is 0. The smallest absolute Gasteiger partial charge is 0.407 e. The van der Waals surface area contributed by atoms with Crippen LogP contribution in [0.15, 0.2) is 18.6 Å². The number of hydrogen-bond acceptors (Lipinski definition) is 13. The van der Waals surface area contributed by atoms with Crippen molar-refractivity contribution in [2.24, 2.45) is 5.73 Å². The molecule has 0 aliphatic carbocycles. The van der Waals surface area contributed by atoms with E-state index in [0.29, 0.717) is 24.1 Å². The molecule has 2 amide bonds. The lowest BCUT2D eigenvalue weighted by Crippen LogP contribution is -2.31. The van der Waals surface area contributed by atoms with E-state index >= 15 is 0 Å². The SMILES string of the molecule is C.CC(C)(C)OC(=O)NCc1cnc(Cl)s1.CNc1ncc(CN)s1.CNc1ncc(CNC(=O)OC(C)(C)C)s1.Cl.ClCCl. The molecule has 3 rings (SSSR count). The number of nitrogens with one attached hydrogen (secondary N) is 4. The Morgan fingerprint density at radius 3 is 1.42 bits per heavy atom. The molecule has 0 unspecified atom stereocenters. The van der Waals surface area contributed by atoms with Gasteiger partial charge in [0, 0.05) is 53.9 Å². The molecule has 0 aromatic carbocycles. The molecule has 0 fully saturated rings. The molecule has 260 valence electrons. The van der Waals surface area contributed by atoms with Gasteiger partial charge in [0.2, 0.25) is 0 Å². The average Bonchev–Trinajstić information content (AvgIpc) is 3.66. The number of carbonyl (C=O) groups is 2. The van der Waals surface area contributed by atoms with Gasteiger partial charge in [0.15, 0.2) is 14.7 Å². The normalized spacial score (nSPS) is 9.96. The molecule has 0 aliphatic heterocycles. The molecule has 0 saturated carbocycles. The highest BCUT2D eigenvalue weighted by atomic mass is 35.5. The number of ether oxygens (including phenoxy) is 2. The van der Waals surface area contributed by atoms with E-state index in [2.05, 4.69) is 36.2 Å². The number of nitrogens with two attached hydrogens (primary N) is 1. The van der Waals surface area contributed by atoms with Crippen molar-refractivity contribution in [2.75, 3.05) is 30.1 Å². The monoisotopic (exact) mass is 770 g/mol. The van der Waals surface area contributed by atoms with Crippen molar-refractivity contribution in [3.05, 3.63) is 37.7 Å². The molecule has 3 aromatic rings.